The summed E-state index contributed by atoms with van der Waals surface area (Å²) in [6, 6.07) is 14.3. The van der Waals surface area contributed by atoms with E-state index in [-0.39, 0.29) is 5.91 Å². The van der Waals surface area contributed by atoms with Crippen molar-refractivity contribution in [2.75, 3.05) is 13.7 Å². The summed E-state index contributed by atoms with van der Waals surface area (Å²) >= 11 is 12.1. The molecule has 116 valence electrons. The van der Waals surface area contributed by atoms with E-state index >= 15 is 0 Å². The van der Waals surface area contributed by atoms with Gasteiger partial charge >= 0.3 is 0 Å². The summed E-state index contributed by atoms with van der Waals surface area (Å²) in [4.78, 5) is 12.2. The molecule has 0 aromatic heterocycles. The summed E-state index contributed by atoms with van der Waals surface area (Å²) in [6.45, 7) is 2.19. The average Bonchev–Trinajstić information content (AvgIpc) is 2.52. The Balaban J connectivity index is 2.14. The molecule has 0 heterocycles. The van der Waals surface area contributed by atoms with Crippen LogP contribution >= 0.6 is 23.2 Å². The lowest BCUT2D eigenvalue weighted by Crippen LogP contribution is -2.40. The zero-order chi connectivity index (χ0) is 16.2. The van der Waals surface area contributed by atoms with Crippen molar-refractivity contribution in [3.8, 4) is 0 Å². The van der Waals surface area contributed by atoms with Crippen molar-refractivity contribution in [2.45, 2.75) is 12.5 Å². The van der Waals surface area contributed by atoms with Gasteiger partial charge in [-0.25, -0.2) is 0 Å². The molecule has 1 unspecified atom stereocenters. The summed E-state index contributed by atoms with van der Waals surface area (Å²) in [5.74, 6) is -0.240. The number of benzene rings is 2. The van der Waals surface area contributed by atoms with Gasteiger partial charge in [0.15, 0.2) is 0 Å². The Morgan fingerprint density at radius 3 is 2.55 bits per heavy atom. The van der Waals surface area contributed by atoms with Gasteiger partial charge in [0.25, 0.3) is 5.91 Å². The van der Waals surface area contributed by atoms with Gasteiger partial charge in [-0.2, -0.15) is 0 Å². The van der Waals surface area contributed by atoms with Crippen LogP contribution < -0.4 is 5.32 Å². The molecular formula is C17H17Cl2NO2. The fourth-order valence-corrected chi connectivity index (χ4v) is 2.51. The number of nitrogens with one attached hydrogen (secondary N) is 1. The SMILES string of the molecule is COC(C)(CNC(=O)c1ccccc1Cl)c1cccc(Cl)c1. The summed E-state index contributed by atoms with van der Waals surface area (Å²) < 4.78 is 5.59. The molecule has 0 aliphatic carbocycles. The maximum atomic E-state index is 12.2. The Labute approximate surface area is 140 Å². The molecule has 0 saturated heterocycles. The molecule has 0 bridgehead atoms. The summed E-state index contributed by atoms with van der Waals surface area (Å²) in [6.07, 6.45) is 0. The lowest BCUT2D eigenvalue weighted by Gasteiger charge is -2.29. The maximum absolute atomic E-state index is 12.2. The first-order valence-corrected chi connectivity index (χ1v) is 7.56. The highest BCUT2D eigenvalue weighted by Crippen LogP contribution is 2.26. The second kappa shape index (κ2) is 7.14. The summed E-state index contributed by atoms with van der Waals surface area (Å²) in [5.41, 5.74) is 0.651. The number of methoxy groups -OCH3 is 1. The van der Waals surface area contributed by atoms with Crippen LogP contribution in [0.4, 0.5) is 0 Å². The van der Waals surface area contributed by atoms with Crippen molar-refractivity contribution < 1.29 is 9.53 Å². The number of amides is 1. The number of rotatable bonds is 5. The molecular weight excluding hydrogens is 321 g/mol. The van der Waals surface area contributed by atoms with Crippen LogP contribution in [0.15, 0.2) is 48.5 Å². The van der Waals surface area contributed by atoms with Gasteiger partial charge in [-0.3, -0.25) is 4.79 Å². The second-order valence-electron chi connectivity index (χ2n) is 5.11. The zero-order valence-corrected chi connectivity index (χ0v) is 13.9. The number of hydrogen-bond donors (Lipinski definition) is 1. The molecule has 0 radical (unpaired) electrons. The van der Waals surface area contributed by atoms with E-state index in [1.165, 1.54) is 0 Å². The number of carbonyl (C=O) groups excluding carboxylic acids is 1. The predicted octanol–water partition coefficient (Wildman–Crippen LogP) is 4.29. The molecule has 0 aliphatic rings. The highest BCUT2D eigenvalue weighted by molar-refractivity contribution is 6.33. The molecule has 2 aromatic rings. The second-order valence-corrected chi connectivity index (χ2v) is 5.95. The first kappa shape index (κ1) is 16.8. The lowest BCUT2D eigenvalue weighted by atomic mass is 9.95. The largest absolute Gasteiger partial charge is 0.372 e. The van der Waals surface area contributed by atoms with Crippen LogP contribution in [0.5, 0.6) is 0 Å². The number of halogens is 2. The highest BCUT2D eigenvalue weighted by atomic mass is 35.5. The van der Waals surface area contributed by atoms with Gasteiger partial charge in [-0.05, 0) is 36.8 Å². The van der Waals surface area contributed by atoms with Crippen molar-refractivity contribution in [2.24, 2.45) is 0 Å². The van der Waals surface area contributed by atoms with Crippen LogP contribution in [-0.4, -0.2) is 19.6 Å². The summed E-state index contributed by atoms with van der Waals surface area (Å²) in [5, 5.41) is 3.90. The highest BCUT2D eigenvalue weighted by Gasteiger charge is 2.27. The molecule has 1 amide bonds. The van der Waals surface area contributed by atoms with Crippen LogP contribution in [0, 0.1) is 0 Å². The average molecular weight is 338 g/mol. The molecule has 0 fully saturated rings. The van der Waals surface area contributed by atoms with Crippen molar-refractivity contribution in [1.82, 2.24) is 5.32 Å². The van der Waals surface area contributed by atoms with E-state index in [1.807, 2.05) is 25.1 Å². The Hall–Kier alpha value is -1.55. The molecule has 22 heavy (non-hydrogen) atoms. The first-order chi connectivity index (χ1) is 10.5. The van der Waals surface area contributed by atoms with Crippen LogP contribution in [0.2, 0.25) is 10.0 Å². The molecule has 0 aliphatic heterocycles. The van der Waals surface area contributed by atoms with Crippen molar-refractivity contribution in [3.05, 3.63) is 69.7 Å². The third-order valence-electron chi connectivity index (χ3n) is 3.59. The van der Waals surface area contributed by atoms with Crippen LogP contribution in [0.1, 0.15) is 22.8 Å². The predicted molar refractivity (Wildman–Crippen MR) is 89.6 cm³/mol. The van der Waals surface area contributed by atoms with Gasteiger partial charge in [0.1, 0.15) is 5.60 Å². The molecule has 2 rings (SSSR count). The van der Waals surface area contributed by atoms with Crippen LogP contribution in [0.25, 0.3) is 0 Å². The number of carbonyl (C=O) groups is 1. The molecule has 1 N–H and O–H groups in total. The topological polar surface area (TPSA) is 38.3 Å². The normalized spacial score (nSPS) is 13.5. The number of hydrogen-bond acceptors (Lipinski definition) is 2. The fourth-order valence-electron chi connectivity index (χ4n) is 2.10. The van der Waals surface area contributed by atoms with E-state index in [9.17, 15) is 4.79 Å². The fraction of sp³-hybridized carbons (Fsp3) is 0.235. The number of ether oxygens (including phenoxy) is 1. The third-order valence-corrected chi connectivity index (χ3v) is 4.16. The van der Waals surface area contributed by atoms with Gasteiger partial charge < -0.3 is 10.1 Å². The third kappa shape index (κ3) is 3.80. The molecule has 0 spiro atoms. The zero-order valence-electron chi connectivity index (χ0n) is 12.4. The van der Waals surface area contributed by atoms with E-state index in [1.54, 1.807) is 37.4 Å². The van der Waals surface area contributed by atoms with E-state index in [0.29, 0.717) is 22.2 Å². The minimum Gasteiger partial charge on any atom is -0.372 e. The Morgan fingerprint density at radius 1 is 1.18 bits per heavy atom. The van der Waals surface area contributed by atoms with Gasteiger partial charge in [-0.15, -0.1) is 0 Å². The van der Waals surface area contributed by atoms with Gasteiger partial charge in [0.05, 0.1) is 17.1 Å². The summed E-state index contributed by atoms with van der Waals surface area (Å²) in [7, 11) is 1.60. The lowest BCUT2D eigenvalue weighted by molar-refractivity contribution is 0.00315. The molecule has 5 heteroatoms. The van der Waals surface area contributed by atoms with E-state index in [4.69, 9.17) is 27.9 Å². The van der Waals surface area contributed by atoms with E-state index < -0.39 is 5.60 Å². The minimum atomic E-state index is -0.679. The van der Waals surface area contributed by atoms with Crippen LogP contribution in [0.3, 0.4) is 0 Å². The van der Waals surface area contributed by atoms with E-state index in [0.717, 1.165) is 5.56 Å². The Kier molecular flexibility index (Phi) is 5.46. The standard InChI is InChI=1S/C17H17Cl2NO2/c1-17(22-2,12-6-5-7-13(18)10-12)11-20-16(21)14-8-3-4-9-15(14)19/h3-10H,11H2,1-2H3,(H,20,21). The van der Waals surface area contributed by atoms with E-state index in [2.05, 4.69) is 5.32 Å². The van der Waals surface area contributed by atoms with Crippen molar-refractivity contribution in [1.29, 1.82) is 0 Å². The van der Waals surface area contributed by atoms with Gasteiger partial charge in [-0.1, -0.05) is 47.5 Å². The quantitative estimate of drug-likeness (QED) is 0.883. The molecule has 3 nitrogen and oxygen atoms in total. The van der Waals surface area contributed by atoms with Gasteiger partial charge in [0, 0.05) is 12.1 Å². The Bertz CT molecular complexity index is 675. The smallest absolute Gasteiger partial charge is 0.252 e. The molecule has 0 saturated carbocycles. The minimum absolute atomic E-state index is 0.240. The first-order valence-electron chi connectivity index (χ1n) is 6.80. The molecule has 2 aromatic carbocycles. The monoisotopic (exact) mass is 337 g/mol. The molecule has 1 atom stereocenters. The maximum Gasteiger partial charge on any atom is 0.252 e. The van der Waals surface area contributed by atoms with Crippen LogP contribution in [-0.2, 0) is 10.3 Å². The van der Waals surface area contributed by atoms with Crippen molar-refractivity contribution in [3.63, 3.8) is 0 Å². The van der Waals surface area contributed by atoms with Crippen molar-refractivity contribution >= 4 is 29.1 Å². The Morgan fingerprint density at radius 2 is 1.91 bits per heavy atom. The van der Waals surface area contributed by atoms with Gasteiger partial charge in [0.2, 0.25) is 0 Å².